The van der Waals surface area contributed by atoms with Crippen LogP contribution in [-0.4, -0.2) is 31.9 Å². The molecule has 26 heavy (non-hydrogen) atoms. The molecule has 7 heteroatoms. The monoisotopic (exact) mass is 388 g/mol. The van der Waals surface area contributed by atoms with Gasteiger partial charge >= 0.3 is 0 Å². The number of halogens is 2. The number of hydrogen-bond acceptors (Lipinski definition) is 2. The molecule has 5 nitrogen and oxygen atoms in total. The van der Waals surface area contributed by atoms with E-state index in [-0.39, 0.29) is 11.8 Å². The van der Waals surface area contributed by atoms with E-state index in [1.807, 2.05) is 23.5 Å². The molecule has 5 rings (SSSR count). The zero-order chi connectivity index (χ0) is 17.8. The van der Waals surface area contributed by atoms with Crippen molar-refractivity contribution in [3.63, 3.8) is 0 Å². The van der Waals surface area contributed by atoms with Gasteiger partial charge in [0.05, 0.1) is 16.9 Å². The van der Waals surface area contributed by atoms with Crippen molar-refractivity contribution in [3.05, 3.63) is 51.7 Å². The number of aromatic amines is 1. The summed E-state index contributed by atoms with van der Waals surface area (Å²) < 4.78 is 2.14. The molecule has 1 aromatic carbocycles. The molecule has 1 amide bonds. The van der Waals surface area contributed by atoms with E-state index in [4.69, 9.17) is 23.2 Å². The van der Waals surface area contributed by atoms with Crippen LogP contribution >= 0.6 is 23.2 Å². The van der Waals surface area contributed by atoms with Crippen LogP contribution in [0.5, 0.6) is 0 Å². The third kappa shape index (κ3) is 2.53. The van der Waals surface area contributed by atoms with Gasteiger partial charge in [0.15, 0.2) is 0 Å². The number of hydrogen-bond donors (Lipinski definition) is 1. The van der Waals surface area contributed by atoms with Crippen LogP contribution in [0.2, 0.25) is 10.0 Å². The van der Waals surface area contributed by atoms with Crippen LogP contribution in [0, 0.1) is 5.92 Å². The minimum atomic E-state index is 0.0399. The first-order valence-corrected chi connectivity index (χ1v) is 9.62. The van der Waals surface area contributed by atoms with Gasteiger partial charge in [0.2, 0.25) is 5.91 Å². The van der Waals surface area contributed by atoms with Crippen molar-refractivity contribution >= 4 is 40.0 Å². The molecule has 0 spiro atoms. The van der Waals surface area contributed by atoms with Gasteiger partial charge in [-0.25, -0.2) is 4.98 Å². The molecule has 2 aliphatic rings. The number of nitrogens with zero attached hydrogens (tertiary/aromatic N) is 3. The summed E-state index contributed by atoms with van der Waals surface area (Å²) in [6.45, 7) is 2.21. The largest absolute Gasteiger partial charge is 0.357 e. The van der Waals surface area contributed by atoms with Crippen LogP contribution in [0.25, 0.3) is 10.9 Å². The van der Waals surface area contributed by atoms with Gasteiger partial charge in [0, 0.05) is 72.0 Å². The average Bonchev–Trinajstić information content (AvgIpc) is 3.24. The fraction of sp³-hybridized carbons (Fsp3) is 0.368. The number of imidazole rings is 1. The number of nitrogens with one attached hydrogen (secondary N) is 1. The van der Waals surface area contributed by atoms with Crippen LogP contribution in [0.15, 0.2) is 24.7 Å². The molecule has 2 aliphatic heterocycles. The van der Waals surface area contributed by atoms with Crippen molar-refractivity contribution in [3.8, 4) is 0 Å². The highest BCUT2D eigenvalue weighted by Crippen LogP contribution is 2.35. The fourth-order valence-corrected chi connectivity index (χ4v) is 4.80. The van der Waals surface area contributed by atoms with E-state index >= 15 is 0 Å². The van der Waals surface area contributed by atoms with E-state index in [1.54, 1.807) is 6.07 Å². The molecule has 0 saturated carbocycles. The summed E-state index contributed by atoms with van der Waals surface area (Å²) in [6.07, 6.45) is 6.18. The number of aromatic nitrogens is 3. The summed E-state index contributed by atoms with van der Waals surface area (Å²) in [7, 11) is 0. The van der Waals surface area contributed by atoms with Crippen LogP contribution in [0.3, 0.4) is 0 Å². The Hall–Kier alpha value is -1.98. The van der Waals surface area contributed by atoms with Crippen molar-refractivity contribution in [1.82, 2.24) is 19.4 Å². The maximum atomic E-state index is 13.1. The minimum Gasteiger partial charge on any atom is -0.357 e. The topological polar surface area (TPSA) is 53.9 Å². The van der Waals surface area contributed by atoms with Crippen molar-refractivity contribution in [2.45, 2.75) is 32.4 Å². The van der Waals surface area contributed by atoms with Gasteiger partial charge in [-0.3, -0.25) is 4.79 Å². The lowest BCUT2D eigenvalue weighted by Gasteiger charge is -2.32. The SMILES string of the molecule is O=C([C@H]1CCn2cncc2C1)N1CCc2[nH]c3c(Cl)cc(Cl)cc3c2C1. The zero-order valence-electron chi connectivity index (χ0n) is 14.1. The van der Waals surface area contributed by atoms with Gasteiger partial charge < -0.3 is 14.5 Å². The number of H-pyrrole nitrogens is 1. The fourth-order valence-electron chi connectivity index (χ4n) is 4.26. The lowest BCUT2D eigenvalue weighted by Crippen LogP contribution is -2.41. The standard InChI is InChI=1S/C19H18Cl2N4O/c20-12-6-14-15-9-24(4-2-17(15)23-18(14)16(21)7-12)19(26)11-1-3-25-10-22-8-13(25)5-11/h6-8,10-11,23H,1-5,9H2/t11-/m0/s1. The quantitative estimate of drug-likeness (QED) is 0.688. The maximum Gasteiger partial charge on any atom is 0.226 e. The highest BCUT2D eigenvalue weighted by molar-refractivity contribution is 6.38. The molecular weight excluding hydrogens is 371 g/mol. The van der Waals surface area contributed by atoms with Gasteiger partial charge in [0.1, 0.15) is 0 Å². The lowest BCUT2D eigenvalue weighted by molar-refractivity contribution is -0.137. The van der Waals surface area contributed by atoms with Gasteiger partial charge in [-0.1, -0.05) is 23.2 Å². The predicted octanol–water partition coefficient (Wildman–Crippen LogP) is 3.82. The van der Waals surface area contributed by atoms with Crippen molar-refractivity contribution < 1.29 is 4.79 Å². The number of aryl methyl sites for hydroxylation is 1. The number of fused-ring (bicyclic) bond motifs is 4. The summed E-state index contributed by atoms with van der Waals surface area (Å²) in [5.41, 5.74) is 4.37. The van der Waals surface area contributed by atoms with Gasteiger partial charge in [-0.2, -0.15) is 0 Å². The maximum absolute atomic E-state index is 13.1. The Labute approximate surface area is 160 Å². The van der Waals surface area contributed by atoms with Gasteiger partial charge in [0.25, 0.3) is 0 Å². The van der Waals surface area contributed by atoms with Crippen molar-refractivity contribution in [2.75, 3.05) is 6.54 Å². The Morgan fingerprint density at radius 2 is 2.15 bits per heavy atom. The number of carbonyl (C=O) groups is 1. The number of amides is 1. The van der Waals surface area contributed by atoms with E-state index in [1.165, 1.54) is 0 Å². The molecule has 2 aromatic heterocycles. The Morgan fingerprint density at radius 1 is 1.27 bits per heavy atom. The number of carbonyl (C=O) groups excluding carboxylic acids is 1. The van der Waals surface area contributed by atoms with E-state index in [0.29, 0.717) is 16.6 Å². The highest BCUT2D eigenvalue weighted by atomic mass is 35.5. The van der Waals surface area contributed by atoms with Crippen LogP contribution in [0.4, 0.5) is 0 Å². The number of rotatable bonds is 1. The normalized spacial score (nSPS) is 19.5. The first-order chi connectivity index (χ1) is 12.6. The second-order valence-electron chi connectivity index (χ2n) is 7.17. The Kier molecular flexibility index (Phi) is 3.76. The molecule has 0 aliphatic carbocycles. The average molecular weight is 389 g/mol. The van der Waals surface area contributed by atoms with Crippen LogP contribution in [-0.2, 0) is 30.7 Å². The van der Waals surface area contributed by atoms with Crippen LogP contribution < -0.4 is 0 Å². The minimum absolute atomic E-state index is 0.0399. The van der Waals surface area contributed by atoms with E-state index < -0.39 is 0 Å². The van der Waals surface area contributed by atoms with Gasteiger partial charge in [-0.15, -0.1) is 0 Å². The van der Waals surface area contributed by atoms with Crippen LogP contribution in [0.1, 0.15) is 23.4 Å². The van der Waals surface area contributed by atoms with Crippen molar-refractivity contribution in [1.29, 1.82) is 0 Å². The predicted molar refractivity (Wildman–Crippen MR) is 101 cm³/mol. The molecule has 0 unspecified atom stereocenters. The molecule has 0 fully saturated rings. The zero-order valence-corrected chi connectivity index (χ0v) is 15.6. The number of benzene rings is 1. The smallest absolute Gasteiger partial charge is 0.226 e. The summed E-state index contributed by atoms with van der Waals surface area (Å²) in [6, 6.07) is 3.69. The molecule has 3 aromatic rings. The lowest BCUT2D eigenvalue weighted by atomic mass is 9.93. The second kappa shape index (κ2) is 6.03. The van der Waals surface area contributed by atoms with Crippen molar-refractivity contribution in [2.24, 2.45) is 5.92 Å². The third-order valence-corrected chi connectivity index (χ3v) is 6.15. The molecule has 1 N–H and O–H groups in total. The van der Waals surface area contributed by atoms with E-state index in [9.17, 15) is 4.79 Å². The molecular formula is C19H18Cl2N4O. The van der Waals surface area contributed by atoms with Gasteiger partial charge in [-0.05, 0) is 18.6 Å². The Morgan fingerprint density at radius 3 is 3.04 bits per heavy atom. The third-order valence-electron chi connectivity index (χ3n) is 5.63. The summed E-state index contributed by atoms with van der Waals surface area (Å²) in [4.78, 5) is 22.7. The van der Waals surface area contributed by atoms with E-state index in [2.05, 4.69) is 14.5 Å². The molecule has 0 radical (unpaired) electrons. The summed E-state index contributed by atoms with van der Waals surface area (Å²) >= 11 is 12.5. The first kappa shape index (κ1) is 16.2. The second-order valence-corrected chi connectivity index (χ2v) is 8.01. The Balaban J connectivity index is 1.43. The highest BCUT2D eigenvalue weighted by Gasteiger charge is 2.31. The molecule has 4 heterocycles. The molecule has 134 valence electrons. The summed E-state index contributed by atoms with van der Waals surface area (Å²) in [5, 5.41) is 2.27. The Bertz CT molecular complexity index is 1020. The molecule has 1 atom stereocenters. The molecule has 0 saturated heterocycles. The first-order valence-electron chi connectivity index (χ1n) is 8.86. The summed E-state index contributed by atoms with van der Waals surface area (Å²) in [5.74, 6) is 0.281. The van der Waals surface area contributed by atoms with E-state index in [0.717, 1.165) is 60.2 Å². The molecule has 0 bridgehead atoms.